The molecule has 5 nitrogen and oxygen atoms in total. The highest BCUT2D eigenvalue weighted by Crippen LogP contribution is 2.10. The molecule has 0 aliphatic carbocycles. The fourth-order valence-electron chi connectivity index (χ4n) is 2.97. The second-order valence-electron chi connectivity index (χ2n) is 6.19. The first-order valence-corrected chi connectivity index (χ1v) is 8.37. The molecule has 0 aromatic carbocycles. The molecule has 124 valence electrons. The van der Waals surface area contributed by atoms with E-state index in [1.807, 2.05) is 6.92 Å². The van der Waals surface area contributed by atoms with Crippen molar-refractivity contribution in [2.75, 3.05) is 39.3 Å². The lowest BCUT2D eigenvalue weighted by atomic mass is 10.1. The normalized spacial score (nSPS) is 22.5. The predicted octanol–water partition coefficient (Wildman–Crippen LogP) is 1.33. The summed E-state index contributed by atoms with van der Waals surface area (Å²) in [5.41, 5.74) is 0. The van der Waals surface area contributed by atoms with Gasteiger partial charge in [-0.05, 0) is 26.8 Å². The molecular formula is C16H33N3O2. The number of nitrogens with zero attached hydrogens (tertiary/aromatic N) is 2. The molecular weight excluding hydrogens is 266 g/mol. The van der Waals surface area contributed by atoms with E-state index >= 15 is 0 Å². The van der Waals surface area contributed by atoms with Crippen molar-refractivity contribution in [3.63, 3.8) is 0 Å². The lowest BCUT2D eigenvalue weighted by molar-refractivity contribution is -0.146. The van der Waals surface area contributed by atoms with Gasteiger partial charge in [-0.2, -0.15) is 0 Å². The van der Waals surface area contributed by atoms with Gasteiger partial charge in [0.05, 0.1) is 6.61 Å². The van der Waals surface area contributed by atoms with Crippen LogP contribution in [0, 0.1) is 0 Å². The van der Waals surface area contributed by atoms with Gasteiger partial charge in [-0.15, -0.1) is 0 Å². The van der Waals surface area contributed by atoms with Crippen molar-refractivity contribution in [3.05, 3.63) is 0 Å². The van der Waals surface area contributed by atoms with Gasteiger partial charge in [0, 0.05) is 38.3 Å². The first-order chi connectivity index (χ1) is 9.97. The maximum absolute atomic E-state index is 12.0. The lowest BCUT2D eigenvalue weighted by Crippen LogP contribution is -2.53. The van der Waals surface area contributed by atoms with E-state index < -0.39 is 0 Å². The Balaban J connectivity index is 2.43. The van der Waals surface area contributed by atoms with Crippen molar-refractivity contribution in [2.24, 2.45) is 0 Å². The lowest BCUT2D eigenvalue weighted by Gasteiger charge is -2.39. The first-order valence-electron chi connectivity index (χ1n) is 8.37. The number of nitrogens with one attached hydrogen (secondary N) is 1. The Labute approximate surface area is 130 Å². The summed E-state index contributed by atoms with van der Waals surface area (Å²) in [6.45, 7) is 16.3. The number of ether oxygens (including phenoxy) is 1. The number of esters is 1. The van der Waals surface area contributed by atoms with E-state index in [1.54, 1.807) is 0 Å². The molecule has 1 saturated heterocycles. The number of hydrogen-bond acceptors (Lipinski definition) is 5. The molecule has 21 heavy (non-hydrogen) atoms. The molecule has 0 aromatic rings. The van der Waals surface area contributed by atoms with Gasteiger partial charge >= 0.3 is 5.97 Å². The van der Waals surface area contributed by atoms with Crippen LogP contribution in [0.5, 0.6) is 0 Å². The summed E-state index contributed by atoms with van der Waals surface area (Å²) in [7, 11) is 0. The number of carbonyl (C=O) groups is 1. The summed E-state index contributed by atoms with van der Waals surface area (Å²) >= 11 is 0. The Kier molecular flexibility index (Phi) is 8.22. The van der Waals surface area contributed by atoms with Gasteiger partial charge < -0.3 is 15.0 Å². The molecule has 0 saturated carbocycles. The number of likely N-dealkylation sites (N-methyl/N-ethyl adjacent to an activating group) is 1. The third-order valence-electron chi connectivity index (χ3n) is 4.10. The monoisotopic (exact) mass is 299 g/mol. The van der Waals surface area contributed by atoms with E-state index in [2.05, 4.69) is 42.8 Å². The molecule has 0 radical (unpaired) electrons. The highest BCUT2D eigenvalue weighted by molar-refractivity contribution is 5.75. The molecule has 0 amide bonds. The van der Waals surface area contributed by atoms with Gasteiger partial charge in [-0.25, -0.2) is 0 Å². The SMILES string of the molecule is CCOC(=O)C(CCN1CCN(CC)C(C)C1)NC(C)C. The zero-order valence-electron chi connectivity index (χ0n) is 14.4. The molecule has 0 bridgehead atoms. The zero-order chi connectivity index (χ0) is 15.8. The number of piperazine rings is 1. The summed E-state index contributed by atoms with van der Waals surface area (Å²) in [6.07, 6.45) is 0.815. The maximum atomic E-state index is 12.0. The Morgan fingerprint density at radius 1 is 1.33 bits per heavy atom. The van der Waals surface area contributed by atoms with Crippen LogP contribution in [-0.4, -0.2) is 73.2 Å². The van der Waals surface area contributed by atoms with Crippen LogP contribution in [0.25, 0.3) is 0 Å². The van der Waals surface area contributed by atoms with Crippen molar-refractivity contribution in [1.29, 1.82) is 0 Å². The third-order valence-corrected chi connectivity index (χ3v) is 4.10. The average molecular weight is 299 g/mol. The van der Waals surface area contributed by atoms with Crippen LogP contribution in [0.4, 0.5) is 0 Å². The van der Waals surface area contributed by atoms with Crippen LogP contribution in [0.15, 0.2) is 0 Å². The first kappa shape index (κ1) is 18.4. The molecule has 2 atom stereocenters. The summed E-state index contributed by atoms with van der Waals surface area (Å²) in [6, 6.07) is 0.697. The minimum Gasteiger partial charge on any atom is -0.465 e. The summed E-state index contributed by atoms with van der Waals surface area (Å²) in [5, 5.41) is 3.32. The molecule has 5 heteroatoms. The van der Waals surface area contributed by atoms with Gasteiger partial charge in [0.1, 0.15) is 6.04 Å². The summed E-state index contributed by atoms with van der Waals surface area (Å²) in [5.74, 6) is -0.119. The third kappa shape index (κ3) is 6.32. The molecule has 1 N–H and O–H groups in total. The van der Waals surface area contributed by atoms with Crippen LogP contribution in [0.2, 0.25) is 0 Å². The van der Waals surface area contributed by atoms with E-state index in [-0.39, 0.29) is 18.1 Å². The van der Waals surface area contributed by atoms with Crippen LogP contribution < -0.4 is 5.32 Å². The zero-order valence-corrected chi connectivity index (χ0v) is 14.4. The van der Waals surface area contributed by atoms with Crippen molar-refractivity contribution in [2.45, 2.75) is 59.2 Å². The number of rotatable bonds is 8. The van der Waals surface area contributed by atoms with E-state index in [1.165, 1.54) is 0 Å². The van der Waals surface area contributed by atoms with Gasteiger partial charge in [0.15, 0.2) is 0 Å². The predicted molar refractivity (Wildman–Crippen MR) is 86.5 cm³/mol. The minimum absolute atomic E-state index is 0.119. The fraction of sp³-hybridized carbons (Fsp3) is 0.938. The number of carbonyl (C=O) groups excluding carboxylic acids is 1. The molecule has 1 heterocycles. The van der Waals surface area contributed by atoms with E-state index in [9.17, 15) is 4.79 Å². The number of hydrogen-bond donors (Lipinski definition) is 1. The topological polar surface area (TPSA) is 44.8 Å². The fourth-order valence-corrected chi connectivity index (χ4v) is 2.97. The quantitative estimate of drug-likeness (QED) is 0.685. The van der Waals surface area contributed by atoms with Gasteiger partial charge in [-0.3, -0.25) is 9.69 Å². The van der Waals surface area contributed by atoms with Crippen LogP contribution in [0.3, 0.4) is 0 Å². The largest absolute Gasteiger partial charge is 0.465 e. The van der Waals surface area contributed by atoms with Crippen LogP contribution in [0.1, 0.15) is 41.0 Å². The maximum Gasteiger partial charge on any atom is 0.323 e. The molecule has 1 rings (SSSR count). The second-order valence-corrected chi connectivity index (χ2v) is 6.19. The van der Waals surface area contributed by atoms with E-state index in [0.717, 1.165) is 39.1 Å². The molecule has 0 spiro atoms. The molecule has 0 aromatic heterocycles. The molecule has 1 aliphatic heterocycles. The Morgan fingerprint density at radius 2 is 2.05 bits per heavy atom. The molecule has 1 aliphatic rings. The van der Waals surface area contributed by atoms with Gasteiger partial charge in [0.2, 0.25) is 0 Å². The van der Waals surface area contributed by atoms with Crippen LogP contribution in [-0.2, 0) is 9.53 Å². The highest BCUT2D eigenvalue weighted by atomic mass is 16.5. The standard InChI is InChI=1S/C16H33N3O2/c1-6-19-11-10-18(12-14(19)5)9-8-15(17-13(3)4)16(20)21-7-2/h13-15,17H,6-12H2,1-5H3. The van der Waals surface area contributed by atoms with E-state index in [4.69, 9.17) is 4.74 Å². The van der Waals surface area contributed by atoms with Crippen molar-refractivity contribution >= 4 is 5.97 Å². The second kappa shape index (κ2) is 9.38. The van der Waals surface area contributed by atoms with Crippen molar-refractivity contribution in [3.8, 4) is 0 Å². The van der Waals surface area contributed by atoms with Crippen molar-refractivity contribution in [1.82, 2.24) is 15.1 Å². The summed E-state index contributed by atoms with van der Waals surface area (Å²) < 4.78 is 5.17. The average Bonchev–Trinajstić information content (AvgIpc) is 2.43. The highest BCUT2D eigenvalue weighted by Gasteiger charge is 2.25. The molecule has 1 fully saturated rings. The van der Waals surface area contributed by atoms with Gasteiger partial charge in [0.25, 0.3) is 0 Å². The van der Waals surface area contributed by atoms with Crippen molar-refractivity contribution < 1.29 is 9.53 Å². The minimum atomic E-state index is -0.190. The molecule has 2 unspecified atom stereocenters. The summed E-state index contributed by atoms with van der Waals surface area (Å²) in [4.78, 5) is 17.0. The van der Waals surface area contributed by atoms with Crippen LogP contribution >= 0.6 is 0 Å². The Hall–Kier alpha value is -0.650. The Bertz CT molecular complexity index is 310. The Morgan fingerprint density at radius 3 is 2.57 bits per heavy atom. The smallest absolute Gasteiger partial charge is 0.323 e. The van der Waals surface area contributed by atoms with E-state index in [0.29, 0.717) is 12.6 Å². The van der Waals surface area contributed by atoms with Gasteiger partial charge in [-0.1, -0.05) is 20.8 Å².